The Morgan fingerprint density at radius 3 is 2.36 bits per heavy atom. The largest absolute Gasteiger partial charge is 0.466 e. The van der Waals surface area contributed by atoms with E-state index in [-0.39, 0.29) is 5.97 Å². The molecule has 2 fully saturated rings. The van der Waals surface area contributed by atoms with Crippen LogP contribution in [0.1, 0.15) is 32.1 Å². The van der Waals surface area contributed by atoms with E-state index in [4.69, 9.17) is 4.74 Å². The first-order chi connectivity index (χ1) is 6.78. The van der Waals surface area contributed by atoms with Crippen molar-refractivity contribution in [3.8, 4) is 0 Å². The van der Waals surface area contributed by atoms with Crippen molar-refractivity contribution in [3.05, 3.63) is 11.1 Å². The second-order valence-corrected chi connectivity index (χ2v) is 5.05. The molecule has 2 unspecified atom stereocenters. The first kappa shape index (κ1) is 8.51. The molecular weight excluding hydrogens is 176 g/mol. The topological polar surface area (TPSA) is 26.3 Å². The minimum Gasteiger partial charge on any atom is -0.466 e. The SMILES string of the molecule is COC(=O)C1=C2CC3CC(C2)CC1C3. The quantitative estimate of drug-likeness (QED) is 0.596. The minimum absolute atomic E-state index is 0.0520. The number of carbonyl (C=O) groups is 1. The zero-order valence-corrected chi connectivity index (χ0v) is 8.58. The average molecular weight is 192 g/mol. The molecular formula is C12H16O2. The minimum atomic E-state index is -0.0520. The lowest BCUT2D eigenvalue weighted by atomic mass is 9.58. The van der Waals surface area contributed by atoms with Crippen LogP contribution in [0.4, 0.5) is 0 Å². The third-order valence-corrected chi connectivity index (χ3v) is 4.17. The summed E-state index contributed by atoms with van der Waals surface area (Å²) in [4.78, 5) is 11.6. The molecule has 0 aliphatic heterocycles. The second kappa shape index (κ2) is 2.85. The highest BCUT2D eigenvalue weighted by atomic mass is 16.5. The van der Waals surface area contributed by atoms with E-state index in [0.717, 1.165) is 17.4 Å². The Labute approximate surface area is 84.3 Å². The molecule has 14 heavy (non-hydrogen) atoms. The number of esters is 1. The number of carbonyl (C=O) groups excluding carboxylic acids is 1. The van der Waals surface area contributed by atoms with Crippen molar-refractivity contribution in [2.24, 2.45) is 17.8 Å². The van der Waals surface area contributed by atoms with Crippen molar-refractivity contribution in [1.82, 2.24) is 0 Å². The number of rotatable bonds is 1. The van der Waals surface area contributed by atoms with Gasteiger partial charge in [0.2, 0.25) is 0 Å². The van der Waals surface area contributed by atoms with E-state index in [1.807, 2.05) is 0 Å². The van der Waals surface area contributed by atoms with Gasteiger partial charge < -0.3 is 4.74 Å². The van der Waals surface area contributed by atoms with E-state index >= 15 is 0 Å². The Hall–Kier alpha value is -0.790. The lowest BCUT2D eigenvalue weighted by Gasteiger charge is -2.46. The van der Waals surface area contributed by atoms with Gasteiger partial charge in [-0.05, 0) is 49.9 Å². The molecule has 76 valence electrons. The Kier molecular flexibility index (Phi) is 1.73. The summed E-state index contributed by atoms with van der Waals surface area (Å²) < 4.78 is 4.88. The van der Waals surface area contributed by atoms with E-state index in [1.165, 1.54) is 44.8 Å². The predicted molar refractivity (Wildman–Crippen MR) is 52.6 cm³/mol. The number of hydrogen-bond donors (Lipinski definition) is 0. The first-order valence-electron chi connectivity index (χ1n) is 5.58. The maximum Gasteiger partial charge on any atom is 0.333 e. The molecule has 0 amide bonds. The van der Waals surface area contributed by atoms with Crippen molar-refractivity contribution in [2.45, 2.75) is 32.1 Å². The summed E-state index contributed by atoms with van der Waals surface area (Å²) in [7, 11) is 1.50. The van der Waals surface area contributed by atoms with E-state index in [9.17, 15) is 4.79 Å². The third kappa shape index (κ3) is 1.06. The molecule has 0 N–H and O–H groups in total. The van der Waals surface area contributed by atoms with Gasteiger partial charge in [-0.1, -0.05) is 5.57 Å². The third-order valence-electron chi connectivity index (χ3n) is 4.17. The van der Waals surface area contributed by atoms with Crippen LogP contribution in [0.25, 0.3) is 0 Å². The van der Waals surface area contributed by atoms with Gasteiger partial charge in [0, 0.05) is 5.57 Å². The predicted octanol–water partition coefficient (Wildman–Crippen LogP) is 2.30. The zero-order chi connectivity index (χ0) is 9.71. The van der Waals surface area contributed by atoms with Crippen LogP contribution in [0, 0.1) is 17.8 Å². The van der Waals surface area contributed by atoms with Crippen LogP contribution in [0.3, 0.4) is 0 Å². The Bertz CT molecular complexity index is 300. The molecule has 0 spiro atoms. The molecule has 4 aliphatic rings. The van der Waals surface area contributed by atoms with Gasteiger partial charge in [-0.25, -0.2) is 4.79 Å². The number of hydrogen-bond acceptors (Lipinski definition) is 2. The highest BCUT2D eigenvalue weighted by molar-refractivity contribution is 5.90. The van der Waals surface area contributed by atoms with Gasteiger partial charge in [-0.15, -0.1) is 0 Å². The smallest absolute Gasteiger partial charge is 0.333 e. The lowest BCUT2D eigenvalue weighted by Crippen LogP contribution is -2.37. The van der Waals surface area contributed by atoms with Crippen molar-refractivity contribution < 1.29 is 9.53 Å². The molecule has 4 rings (SSSR count). The highest BCUT2D eigenvalue weighted by Gasteiger charge is 2.43. The second-order valence-electron chi connectivity index (χ2n) is 5.05. The fourth-order valence-corrected chi connectivity index (χ4v) is 3.84. The summed E-state index contributed by atoms with van der Waals surface area (Å²) >= 11 is 0. The number of allylic oxidation sites excluding steroid dienone is 1. The van der Waals surface area contributed by atoms with Crippen molar-refractivity contribution >= 4 is 5.97 Å². The van der Waals surface area contributed by atoms with E-state index in [2.05, 4.69) is 0 Å². The monoisotopic (exact) mass is 192 g/mol. The standard InChI is InChI=1S/C12H16O2/c1-14-12(13)11-9-3-7-2-8(5-9)6-10(11)4-7/h7-9H,2-6H2,1H3. The maximum absolute atomic E-state index is 11.6. The molecule has 0 aromatic rings. The molecule has 2 atom stereocenters. The maximum atomic E-state index is 11.6. The van der Waals surface area contributed by atoms with Crippen LogP contribution >= 0.6 is 0 Å². The number of methoxy groups -OCH3 is 1. The summed E-state index contributed by atoms with van der Waals surface area (Å²) in [6.07, 6.45) is 6.25. The van der Waals surface area contributed by atoms with Crippen LogP contribution in [-0.4, -0.2) is 13.1 Å². The molecule has 2 saturated carbocycles. The summed E-state index contributed by atoms with van der Waals surface area (Å²) in [5.74, 6) is 2.26. The Balaban J connectivity index is 2.00. The summed E-state index contributed by atoms with van der Waals surface area (Å²) in [5.41, 5.74) is 2.49. The summed E-state index contributed by atoms with van der Waals surface area (Å²) in [6, 6.07) is 0. The molecule has 0 saturated heterocycles. The fourth-order valence-electron chi connectivity index (χ4n) is 3.84. The van der Waals surface area contributed by atoms with Crippen molar-refractivity contribution in [2.75, 3.05) is 7.11 Å². The van der Waals surface area contributed by atoms with Crippen LogP contribution in [0.5, 0.6) is 0 Å². The highest BCUT2D eigenvalue weighted by Crippen LogP contribution is 2.53. The molecule has 0 aromatic heterocycles. The summed E-state index contributed by atoms with van der Waals surface area (Å²) in [6.45, 7) is 0. The molecule has 0 aromatic carbocycles. The van der Waals surface area contributed by atoms with Gasteiger partial charge in [0.05, 0.1) is 7.11 Å². The van der Waals surface area contributed by atoms with Crippen LogP contribution in [0.2, 0.25) is 0 Å². The normalized spacial score (nSPS) is 39.1. The lowest BCUT2D eigenvalue weighted by molar-refractivity contribution is -0.137. The van der Waals surface area contributed by atoms with Crippen LogP contribution in [-0.2, 0) is 9.53 Å². The van der Waals surface area contributed by atoms with Gasteiger partial charge >= 0.3 is 5.97 Å². The van der Waals surface area contributed by atoms with E-state index in [0.29, 0.717) is 5.92 Å². The molecule has 2 nitrogen and oxygen atoms in total. The number of ether oxygens (including phenoxy) is 1. The van der Waals surface area contributed by atoms with Crippen molar-refractivity contribution in [1.29, 1.82) is 0 Å². The Morgan fingerprint density at radius 1 is 1.21 bits per heavy atom. The first-order valence-corrected chi connectivity index (χ1v) is 5.58. The molecule has 4 aliphatic carbocycles. The van der Waals surface area contributed by atoms with Gasteiger partial charge in [-0.3, -0.25) is 0 Å². The van der Waals surface area contributed by atoms with Gasteiger partial charge in [-0.2, -0.15) is 0 Å². The van der Waals surface area contributed by atoms with E-state index < -0.39 is 0 Å². The fraction of sp³-hybridized carbons (Fsp3) is 0.750. The van der Waals surface area contributed by atoms with Gasteiger partial charge in [0.15, 0.2) is 0 Å². The molecule has 0 heterocycles. The van der Waals surface area contributed by atoms with Gasteiger partial charge in [0.25, 0.3) is 0 Å². The molecule has 2 heteroatoms. The van der Waals surface area contributed by atoms with Crippen molar-refractivity contribution in [3.63, 3.8) is 0 Å². The van der Waals surface area contributed by atoms with Gasteiger partial charge in [0.1, 0.15) is 0 Å². The Morgan fingerprint density at radius 2 is 1.86 bits per heavy atom. The average Bonchev–Trinajstić information content (AvgIpc) is 2.15. The molecule has 0 radical (unpaired) electrons. The zero-order valence-electron chi connectivity index (χ0n) is 8.58. The molecule has 4 bridgehead atoms. The summed E-state index contributed by atoms with van der Waals surface area (Å²) in [5, 5.41) is 0. The van der Waals surface area contributed by atoms with E-state index in [1.54, 1.807) is 0 Å². The van der Waals surface area contributed by atoms with Crippen LogP contribution < -0.4 is 0 Å². The van der Waals surface area contributed by atoms with Crippen LogP contribution in [0.15, 0.2) is 11.1 Å².